The van der Waals surface area contributed by atoms with Crippen molar-refractivity contribution in [2.45, 2.75) is 11.8 Å². The monoisotopic (exact) mass is 534 g/mol. The minimum absolute atomic E-state index is 0.107. The summed E-state index contributed by atoms with van der Waals surface area (Å²) in [6.45, 7) is 0. The van der Waals surface area contributed by atoms with Gasteiger partial charge in [0.2, 0.25) is 0 Å². The van der Waals surface area contributed by atoms with E-state index in [1.165, 1.54) is 65.3 Å². The fourth-order valence-corrected chi connectivity index (χ4v) is 7.10. The Morgan fingerprint density at radius 1 is 0.238 bits per heavy atom. The Morgan fingerprint density at radius 3 is 1.07 bits per heavy atom. The molecule has 0 heterocycles. The Hall–Kier alpha value is -5.20. The van der Waals surface area contributed by atoms with Crippen LogP contribution in [0.3, 0.4) is 0 Å². The molecular formula is C42H30. The van der Waals surface area contributed by atoms with Crippen LogP contribution in [-0.4, -0.2) is 0 Å². The largest absolute Gasteiger partial charge is 0.0622 e. The number of hydrogen-bond acceptors (Lipinski definition) is 0. The van der Waals surface area contributed by atoms with Gasteiger partial charge < -0.3 is 0 Å². The second-order valence-corrected chi connectivity index (χ2v) is 11.2. The van der Waals surface area contributed by atoms with Gasteiger partial charge in [0.05, 0.1) is 0 Å². The summed E-state index contributed by atoms with van der Waals surface area (Å²) in [6.07, 6.45) is 0. The van der Waals surface area contributed by atoms with E-state index in [1.54, 1.807) is 0 Å². The van der Waals surface area contributed by atoms with E-state index in [0.717, 1.165) is 0 Å². The van der Waals surface area contributed by atoms with E-state index >= 15 is 0 Å². The van der Waals surface area contributed by atoms with Gasteiger partial charge in [0.25, 0.3) is 0 Å². The maximum atomic E-state index is 2.35. The molecular weight excluding hydrogens is 504 g/mol. The highest BCUT2D eigenvalue weighted by atomic mass is 14.3. The fourth-order valence-electron chi connectivity index (χ4n) is 7.10. The number of fused-ring (bicyclic) bond motifs is 6. The van der Waals surface area contributed by atoms with Gasteiger partial charge in [-0.3, -0.25) is 0 Å². The summed E-state index contributed by atoms with van der Waals surface area (Å²) in [7, 11) is 0. The fraction of sp³-hybridized carbons (Fsp3) is 0.0476. The second-order valence-electron chi connectivity index (χ2n) is 11.2. The minimum Gasteiger partial charge on any atom is -0.0622 e. The van der Waals surface area contributed by atoms with E-state index in [2.05, 4.69) is 170 Å². The molecule has 0 fully saturated rings. The van der Waals surface area contributed by atoms with E-state index < -0.39 is 0 Å². The summed E-state index contributed by atoms with van der Waals surface area (Å²) in [4.78, 5) is 0. The molecule has 0 aliphatic heterocycles. The van der Waals surface area contributed by atoms with Crippen molar-refractivity contribution in [3.05, 3.63) is 192 Å². The van der Waals surface area contributed by atoms with E-state index in [4.69, 9.17) is 0 Å². The van der Waals surface area contributed by atoms with Gasteiger partial charge in [0, 0.05) is 11.8 Å². The van der Waals surface area contributed by atoms with Crippen LogP contribution in [0, 0.1) is 0 Å². The quantitative estimate of drug-likeness (QED) is 0.193. The van der Waals surface area contributed by atoms with Gasteiger partial charge in [0.1, 0.15) is 0 Å². The third-order valence-electron chi connectivity index (χ3n) is 8.96. The first-order valence-corrected chi connectivity index (χ1v) is 14.8. The zero-order valence-electron chi connectivity index (χ0n) is 23.3. The van der Waals surface area contributed by atoms with Crippen molar-refractivity contribution >= 4 is 43.1 Å². The van der Waals surface area contributed by atoms with Crippen LogP contribution in [0.15, 0.2) is 170 Å². The SMILES string of the molecule is c1ccc(C(c2cccc3c2ccc2ccccc23)[C@H](c2ccccc2)c2cccc3c2ccc2ccccc23)cc1. The predicted octanol–water partition coefficient (Wildman–Crippen LogP) is 11.3. The second kappa shape index (κ2) is 10.3. The van der Waals surface area contributed by atoms with E-state index in [-0.39, 0.29) is 11.8 Å². The van der Waals surface area contributed by atoms with Crippen molar-refractivity contribution in [1.29, 1.82) is 0 Å². The lowest BCUT2D eigenvalue weighted by Crippen LogP contribution is -2.15. The van der Waals surface area contributed by atoms with Gasteiger partial charge in [-0.05, 0) is 65.3 Å². The van der Waals surface area contributed by atoms with Crippen LogP contribution in [0.25, 0.3) is 43.1 Å². The zero-order chi connectivity index (χ0) is 27.9. The highest BCUT2D eigenvalue weighted by Gasteiger charge is 2.30. The summed E-state index contributed by atoms with van der Waals surface area (Å²) in [5.74, 6) is 0.214. The normalized spacial score (nSPS) is 13.0. The topological polar surface area (TPSA) is 0 Å². The molecule has 0 aliphatic rings. The first-order valence-electron chi connectivity index (χ1n) is 14.8. The third kappa shape index (κ3) is 4.07. The Kier molecular flexibility index (Phi) is 6.04. The van der Waals surface area contributed by atoms with Crippen LogP contribution in [0.5, 0.6) is 0 Å². The van der Waals surface area contributed by atoms with Crippen molar-refractivity contribution in [3.63, 3.8) is 0 Å². The van der Waals surface area contributed by atoms with Crippen LogP contribution in [0.2, 0.25) is 0 Å². The summed E-state index contributed by atoms with van der Waals surface area (Å²) < 4.78 is 0. The molecule has 0 aliphatic carbocycles. The molecule has 0 aromatic heterocycles. The van der Waals surface area contributed by atoms with E-state index in [0.29, 0.717) is 0 Å². The molecule has 198 valence electrons. The Balaban J connectivity index is 1.47. The number of rotatable bonds is 5. The molecule has 0 heteroatoms. The molecule has 2 atom stereocenters. The van der Waals surface area contributed by atoms with Crippen LogP contribution in [0.4, 0.5) is 0 Å². The average Bonchev–Trinajstić information content (AvgIpc) is 3.07. The maximum Gasteiger partial charge on any atom is 0.0205 e. The molecule has 8 aromatic carbocycles. The highest BCUT2D eigenvalue weighted by Crippen LogP contribution is 2.47. The van der Waals surface area contributed by atoms with Gasteiger partial charge in [0.15, 0.2) is 0 Å². The molecule has 0 radical (unpaired) electrons. The van der Waals surface area contributed by atoms with Crippen molar-refractivity contribution in [3.8, 4) is 0 Å². The molecule has 8 aromatic rings. The maximum absolute atomic E-state index is 2.35. The molecule has 0 spiro atoms. The minimum atomic E-state index is 0.107. The predicted molar refractivity (Wildman–Crippen MR) is 179 cm³/mol. The molecule has 8 rings (SSSR count). The summed E-state index contributed by atoms with van der Waals surface area (Å²) in [6, 6.07) is 62.7. The Bertz CT molecular complexity index is 2030. The lowest BCUT2D eigenvalue weighted by Gasteiger charge is -2.31. The first kappa shape index (κ1) is 24.6. The van der Waals surface area contributed by atoms with Gasteiger partial charge in [-0.2, -0.15) is 0 Å². The van der Waals surface area contributed by atoms with Crippen molar-refractivity contribution in [2.24, 2.45) is 0 Å². The molecule has 0 bridgehead atoms. The molecule has 42 heavy (non-hydrogen) atoms. The highest BCUT2D eigenvalue weighted by molar-refractivity contribution is 6.10. The van der Waals surface area contributed by atoms with Crippen molar-refractivity contribution in [1.82, 2.24) is 0 Å². The van der Waals surface area contributed by atoms with Crippen LogP contribution < -0.4 is 0 Å². The molecule has 0 nitrogen and oxygen atoms in total. The van der Waals surface area contributed by atoms with Crippen molar-refractivity contribution in [2.75, 3.05) is 0 Å². The molecule has 0 N–H and O–H groups in total. The average molecular weight is 535 g/mol. The molecule has 0 saturated heterocycles. The van der Waals surface area contributed by atoms with E-state index in [9.17, 15) is 0 Å². The standard InChI is InChI=1S/C42H30/c1-3-15-31(16-4-1)41(39-23-11-21-35-33-19-9-7-13-29(33)25-27-37(35)39)42(32-17-5-2-6-18-32)40-24-12-22-36-34-20-10-8-14-30(34)26-28-38(36)40/h1-28,41-42H/t41-,42?/m1/s1. The summed E-state index contributed by atoms with van der Waals surface area (Å²) >= 11 is 0. The van der Waals surface area contributed by atoms with Crippen LogP contribution in [0.1, 0.15) is 34.1 Å². The van der Waals surface area contributed by atoms with Gasteiger partial charge in [-0.25, -0.2) is 0 Å². The molecule has 0 amide bonds. The number of benzene rings is 8. The van der Waals surface area contributed by atoms with Crippen LogP contribution >= 0.6 is 0 Å². The smallest absolute Gasteiger partial charge is 0.0205 e. The van der Waals surface area contributed by atoms with Crippen molar-refractivity contribution < 1.29 is 0 Å². The third-order valence-corrected chi connectivity index (χ3v) is 8.96. The number of hydrogen-bond donors (Lipinski definition) is 0. The van der Waals surface area contributed by atoms with Gasteiger partial charge >= 0.3 is 0 Å². The lowest BCUT2D eigenvalue weighted by molar-refractivity contribution is 0.703. The summed E-state index contributed by atoms with van der Waals surface area (Å²) in [5.41, 5.74) is 5.36. The summed E-state index contributed by atoms with van der Waals surface area (Å²) in [5, 5.41) is 10.4. The molecule has 1 unspecified atom stereocenters. The van der Waals surface area contributed by atoms with Crippen LogP contribution in [-0.2, 0) is 0 Å². The van der Waals surface area contributed by atoms with Gasteiger partial charge in [-0.1, -0.05) is 170 Å². The molecule has 0 saturated carbocycles. The Morgan fingerprint density at radius 2 is 0.619 bits per heavy atom. The first-order chi connectivity index (χ1) is 20.9. The van der Waals surface area contributed by atoms with Gasteiger partial charge in [-0.15, -0.1) is 0 Å². The lowest BCUT2D eigenvalue weighted by atomic mass is 9.71. The van der Waals surface area contributed by atoms with E-state index in [1.807, 2.05) is 0 Å². The Labute approximate surface area is 246 Å². The zero-order valence-corrected chi connectivity index (χ0v) is 23.3.